The molecule has 0 saturated carbocycles. The summed E-state index contributed by atoms with van der Waals surface area (Å²) in [6.07, 6.45) is 3.52. The van der Waals surface area contributed by atoms with Crippen LogP contribution in [0.2, 0.25) is 0 Å². The van der Waals surface area contributed by atoms with Crippen LogP contribution in [0.4, 0.5) is 4.39 Å². The lowest BCUT2D eigenvalue weighted by molar-refractivity contribution is 0.321. The molecule has 17 heavy (non-hydrogen) atoms. The van der Waals surface area contributed by atoms with Crippen molar-refractivity contribution in [3.8, 4) is 17.6 Å². The van der Waals surface area contributed by atoms with E-state index in [1.807, 2.05) is 6.07 Å². The molecule has 1 aliphatic carbocycles. The van der Waals surface area contributed by atoms with Crippen LogP contribution in [0.5, 0.6) is 11.5 Å². The van der Waals surface area contributed by atoms with Gasteiger partial charge in [-0.15, -0.1) is 0 Å². The van der Waals surface area contributed by atoms with Crippen LogP contribution >= 0.6 is 0 Å². The first kappa shape index (κ1) is 11.7. The molecule has 0 N–H and O–H groups in total. The van der Waals surface area contributed by atoms with Gasteiger partial charge in [-0.1, -0.05) is 0 Å². The smallest absolute Gasteiger partial charge is 0.174 e. The van der Waals surface area contributed by atoms with Crippen molar-refractivity contribution >= 4 is 0 Å². The highest BCUT2D eigenvalue weighted by atomic mass is 19.1. The average molecular weight is 235 g/mol. The molecule has 0 bridgehead atoms. The molecule has 0 heterocycles. The molecule has 0 aromatic heterocycles. The molecule has 0 amide bonds. The second-order valence-corrected chi connectivity index (χ2v) is 4.00. The van der Waals surface area contributed by atoms with Crippen LogP contribution in [-0.4, -0.2) is 13.7 Å². The molecule has 1 aromatic rings. The van der Waals surface area contributed by atoms with Gasteiger partial charge < -0.3 is 9.47 Å². The van der Waals surface area contributed by atoms with Crippen molar-refractivity contribution in [3.05, 3.63) is 23.0 Å². The highest BCUT2D eigenvalue weighted by molar-refractivity contribution is 5.52. The van der Waals surface area contributed by atoms with Gasteiger partial charge in [0.15, 0.2) is 18.1 Å². The largest absolute Gasteiger partial charge is 0.493 e. The van der Waals surface area contributed by atoms with E-state index < -0.39 is 0 Å². The molecular weight excluding hydrogens is 221 g/mol. The first-order valence-electron chi connectivity index (χ1n) is 5.66. The fourth-order valence-electron chi connectivity index (χ4n) is 2.25. The Kier molecular flexibility index (Phi) is 3.48. The van der Waals surface area contributed by atoms with E-state index in [1.165, 1.54) is 13.2 Å². The van der Waals surface area contributed by atoms with E-state index in [4.69, 9.17) is 14.7 Å². The van der Waals surface area contributed by atoms with Gasteiger partial charge in [-0.25, -0.2) is 4.39 Å². The Bertz CT molecular complexity index is 465. The molecule has 0 unspecified atom stereocenters. The molecule has 0 spiro atoms. The van der Waals surface area contributed by atoms with Crippen molar-refractivity contribution < 1.29 is 13.9 Å². The summed E-state index contributed by atoms with van der Waals surface area (Å²) in [5.41, 5.74) is 1.58. The molecule has 0 fully saturated rings. The second kappa shape index (κ2) is 5.05. The summed E-state index contributed by atoms with van der Waals surface area (Å²) < 4.78 is 24.3. The third-order valence-corrected chi connectivity index (χ3v) is 3.01. The summed E-state index contributed by atoms with van der Waals surface area (Å²) >= 11 is 0. The first-order chi connectivity index (χ1) is 8.27. The van der Waals surface area contributed by atoms with Crippen molar-refractivity contribution in [2.75, 3.05) is 13.7 Å². The van der Waals surface area contributed by atoms with Gasteiger partial charge in [-0.3, -0.25) is 0 Å². The normalized spacial score (nSPS) is 13.7. The van der Waals surface area contributed by atoms with Gasteiger partial charge >= 0.3 is 0 Å². The summed E-state index contributed by atoms with van der Waals surface area (Å²) in [5, 5.41) is 8.56. The zero-order valence-corrected chi connectivity index (χ0v) is 9.75. The number of fused-ring (bicyclic) bond motifs is 1. The molecule has 2 rings (SSSR count). The number of nitriles is 1. The van der Waals surface area contributed by atoms with Crippen molar-refractivity contribution in [1.82, 2.24) is 0 Å². The molecule has 0 aliphatic heterocycles. The lowest BCUT2D eigenvalue weighted by atomic mass is 9.90. The first-order valence-corrected chi connectivity index (χ1v) is 5.66. The number of ether oxygens (including phenoxy) is 2. The molecular formula is C13H14FNO2. The molecule has 1 aromatic carbocycles. The number of hydrogen-bond donors (Lipinski definition) is 0. The lowest BCUT2D eigenvalue weighted by Crippen LogP contribution is -2.10. The van der Waals surface area contributed by atoms with Gasteiger partial charge in [0.2, 0.25) is 0 Å². The minimum absolute atomic E-state index is 0.0472. The molecule has 4 heteroatoms. The number of rotatable bonds is 3. The highest BCUT2D eigenvalue weighted by Crippen LogP contribution is 2.39. The summed E-state index contributed by atoms with van der Waals surface area (Å²) in [5.74, 6) is 0.671. The van der Waals surface area contributed by atoms with Crippen LogP contribution < -0.4 is 9.47 Å². The minimum Gasteiger partial charge on any atom is -0.493 e. The van der Waals surface area contributed by atoms with Gasteiger partial charge in [0, 0.05) is 11.6 Å². The Hall–Kier alpha value is -1.76. The van der Waals surface area contributed by atoms with Crippen molar-refractivity contribution in [2.45, 2.75) is 25.7 Å². The Morgan fingerprint density at radius 2 is 2.06 bits per heavy atom. The van der Waals surface area contributed by atoms with Crippen LogP contribution in [0, 0.1) is 17.1 Å². The maximum atomic E-state index is 13.8. The zero-order chi connectivity index (χ0) is 12.3. The van der Waals surface area contributed by atoms with Gasteiger partial charge in [0.25, 0.3) is 0 Å². The van der Waals surface area contributed by atoms with E-state index >= 15 is 0 Å². The number of halogens is 1. The van der Waals surface area contributed by atoms with Gasteiger partial charge in [0.1, 0.15) is 11.9 Å². The number of methoxy groups -OCH3 is 1. The predicted molar refractivity (Wildman–Crippen MR) is 60.7 cm³/mol. The fourth-order valence-corrected chi connectivity index (χ4v) is 2.25. The minimum atomic E-state index is -0.235. The maximum absolute atomic E-state index is 13.8. The fraction of sp³-hybridized carbons (Fsp3) is 0.462. The Balaban J connectivity index is 2.49. The average Bonchev–Trinajstić information content (AvgIpc) is 2.37. The molecule has 1 aliphatic rings. The number of hydrogen-bond acceptors (Lipinski definition) is 3. The summed E-state index contributed by atoms with van der Waals surface area (Å²) in [6.45, 7) is -0.0472. The molecule has 90 valence electrons. The Morgan fingerprint density at radius 3 is 2.71 bits per heavy atom. The van der Waals surface area contributed by atoms with Crippen molar-refractivity contribution in [3.63, 3.8) is 0 Å². The van der Waals surface area contributed by atoms with E-state index in [-0.39, 0.29) is 12.4 Å². The Labute approximate surface area is 99.8 Å². The predicted octanol–water partition coefficient (Wildman–Crippen LogP) is 2.62. The van der Waals surface area contributed by atoms with Crippen LogP contribution in [0.25, 0.3) is 0 Å². The van der Waals surface area contributed by atoms with Gasteiger partial charge in [-0.05, 0) is 31.2 Å². The lowest BCUT2D eigenvalue weighted by Gasteiger charge is -2.21. The molecule has 3 nitrogen and oxygen atoms in total. The van der Waals surface area contributed by atoms with E-state index in [2.05, 4.69) is 0 Å². The summed E-state index contributed by atoms with van der Waals surface area (Å²) in [6, 6.07) is 3.26. The van der Waals surface area contributed by atoms with E-state index in [0.717, 1.165) is 31.2 Å². The summed E-state index contributed by atoms with van der Waals surface area (Å²) in [4.78, 5) is 0. The highest BCUT2D eigenvalue weighted by Gasteiger charge is 2.22. The third kappa shape index (κ3) is 2.19. The van der Waals surface area contributed by atoms with E-state index in [1.54, 1.807) is 0 Å². The second-order valence-electron chi connectivity index (χ2n) is 4.00. The van der Waals surface area contributed by atoms with Crippen LogP contribution in [0.3, 0.4) is 0 Å². The third-order valence-electron chi connectivity index (χ3n) is 3.01. The number of nitrogens with zero attached hydrogens (tertiary/aromatic N) is 1. The molecule has 0 saturated heterocycles. The quantitative estimate of drug-likeness (QED) is 0.808. The SMILES string of the molecule is COc1cc(F)c2c(c1OCC#N)CCCC2. The molecule has 0 atom stereocenters. The molecule has 0 radical (unpaired) electrons. The van der Waals surface area contributed by atoms with E-state index in [0.29, 0.717) is 17.1 Å². The Morgan fingerprint density at radius 1 is 1.35 bits per heavy atom. The van der Waals surface area contributed by atoms with Crippen LogP contribution in [0.1, 0.15) is 24.0 Å². The standard InChI is InChI=1S/C13H14FNO2/c1-16-12-8-11(14)9-4-2-3-5-10(9)13(12)17-7-6-15/h8H,2-5,7H2,1H3. The van der Waals surface area contributed by atoms with Crippen molar-refractivity contribution in [2.24, 2.45) is 0 Å². The van der Waals surface area contributed by atoms with Gasteiger partial charge in [-0.2, -0.15) is 5.26 Å². The zero-order valence-electron chi connectivity index (χ0n) is 9.75. The van der Waals surface area contributed by atoms with Crippen LogP contribution in [0.15, 0.2) is 6.07 Å². The van der Waals surface area contributed by atoms with Crippen LogP contribution in [-0.2, 0) is 12.8 Å². The number of benzene rings is 1. The monoisotopic (exact) mass is 235 g/mol. The van der Waals surface area contributed by atoms with Crippen molar-refractivity contribution in [1.29, 1.82) is 5.26 Å². The van der Waals surface area contributed by atoms with Gasteiger partial charge in [0.05, 0.1) is 7.11 Å². The summed E-state index contributed by atoms with van der Waals surface area (Å²) in [7, 11) is 1.48. The maximum Gasteiger partial charge on any atom is 0.174 e. The topological polar surface area (TPSA) is 42.2 Å². The van der Waals surface area contributed by atoms with E-state index in [9.17, 15) is 4.39 Å².